The Hall–Kier alpha value is -4.84. The van der Waals surface area contributed by atoms with Crippen molar-refractivity contribution in [2.24, 2.45) is 0 Å². The molecule has 0 aliphatic carbocycles. The van der Waals surface area contributed by atoms with Crippen LogP contribution in [0.1, 0.15) is 125 Å². The second-order valence-electron chi connectivity index (χ2n) is 12.8. The van der Waals surface area contributed by atoms with Crippen molar-refractivity contribution in [3.8, 4) is 5.75 Å². The van der Waals surface area contributed by atoms with E-state index in [4.69, 9.17) is 28.4 Å². The van der Waals surface area contributed by atoms with E-state index in [1.807, 2.05) is 19.1 Å². The van der Waals surface area contributed by atoms with Gasteiger partial charge in [0.25, 0.3) is 0 Å². The average Bonchev–Trinajstić information content (AvgIpc) is 3.20. The van der Waals surface area contributed by atoms with Gasteiger partial charge in [0.05, 0.1) is 37.6 Å². The normalized spacial score (nSPS) is 10.9. The number of carbonyl (C=O) groups excluding carboxylic acids is 5. The van der Waals surface area contributed by atoms with Crippen molar-refractivity contribution in [3.63, 3.8) is 0 Å². The molecular formula is C44H58O11S. The van der Waals surface area contributed by atoms with E-state index in [2.05, 4.69) is 13.2 Å². The van der Waals surface area contributed by atoms with Gasteiger partial charge in [0.15, 0.2) is 0 Å². The number of thioether (sulfide) groups is 1. The SMILES string of the molecule is C=C(/C=C(\C(=C)OC(=O)c1ccc(SCCCCCCOC(=O)CC)cc1)C(=O)OCCCCC)OC(=O)c1ccc(OCCCCCCOC(=O)CC)cc1. The van der Waals surface area contributed by atoms with Crippen molar-refractivity contribution in [2.45, 2.75) is 109 Å². The number of ether oxygens (including phenoxy) is 6. The summed E-state index contributed by atoms with van der Waals surface area (Å²) in [5.74, 6) is -1.57. The van der Waals surface area contributed by atoms with Crippen LogP contribution in [-0.4, -0.2) is 62.0 Å². The van der Waals surface area contributed by atoms with E-state index in [0.717, 1.165) is 74.9 Å². The van der Waals surface area contributed by atoms with Gasteiger partial charge in [0.1, 0.15) is 22.8 Å². The third-order valence-corrected chi connectivity index (χ3v) is 9.24. The molecule has 56 heavy (non-hydrogen) atoms. The van der Waals surface area contributed by atoms with Crippen molar-refractivity contribution >= 4 is 41.6 Å². The number of benzene rings is 2. The van der Waals surface area contributed by atoms with Gasteiger partial charge in [-0.3, -0.25) is 9.59 Å². The minimum absolute atomic E-state index is 0.148. The maximum atomic E-state index is 13.1. The van der Waals surface area contributed by atoms with Gasteiger partial charge in [0, 0.05) is 17.7 Å². The van der Waals surface area contributed by atoms with Gasteiger partial charge in [-0.2, -0.15) is 0 Å². The monoisotopic (exact) mass is 794 g/mol. The van der Waals surface area contributed by atoms with Gasteiger partial charge in [-0.25, -0.2) is 14.4 Å². The standard InChI is InChI=1S/C44H58O11S/c1-6-9-14-30-53-44(49)39(34(5)55-43(48)36-21-25-38(26-22-36)56-31-18-13-12-17-29-52-41(46)8-3)32-33(4)54-42(47)35-19-23-37(24-20-35)50-27-15-10-11-16-28-51-40(45)7-2/h19-26,32H,4-18,27-31H2,1-3H3/b39-32+. The zero-order chi connectivity index (χ0) is 41.0. The molecule has 2 aromatic rings. The lowest BCUT2D eigenvalue weighted by atomic mass is 10.2. The second-order valence-corrected chi connectivity index (χ2v) is 14.0. The number of hydrogen-bond donors (Lipinski definition) is 0. The molecule has 2 rings (SSSR count). The molecule has 0 aliphatic rings. The van der Waals surface area contributed by atoms with Crippen molar-refractivity contribution < 1.29 is 52.4 Å². The summed E-state index contributed by atoms with van der Waals surface area (Å²) >= 11 is 1.67. The summed E-state index contributed by atoms with van der Waals surface area (Å²) in [7, 11) is 0. The molecular weight excluding hydrogens is 737 g/mol. The highest BCUT2D eigenvalue weighted by Crippen LogP contribution is 2.23. The molecule has 0 saturated carbocycles. The van der Waals surface area contributed by atoms with Crippen LogP contribution in [0.3, 0.4) is 0 Å². The van der Waals surface area contributed by atoms with Crippen molar-refractivity contribution in [2.75, 3.05) is 32.2 Å². The van der Waals surface area contributed by atoms with Crippen LogP contribution in [0.4, 0.5) is 0 Å². The molecule has 11 nitrogen and oxygen atoms in total. The molecule has 0 heterocycles. The van der Waals surface area contributed by atoms with Crippen LogP contribution in [-0.2, 0) is 38.1 Å². The van der Waals surface area contributed by atoms with E-state index in [9.17, 15) is 24.0 Å². The molecule has 306 valence electrons. The Morgan fingerprint density at radius 2 is 1.09 bits per heavy atom. The molecule has 0 fully saturated rings. The predicted molar refractivity (Wildman–Crippen MR) is 216 cm³/mol. The van der Waals surface area contributed by atoms with Crippen molar-refractivity contribution in [1.82, 2.24) is 0 Å². The molecule has 0 unspecified atom stereocenters. The van der Waals surface area contributed by atoms with Gasteiger partial charge in [-0.05, 0) is 105 Å². The van der Waals surface area contributed by atoms with Gasteiger partial charge in [-0.15, -0.1) is 11.8 Å². The van der Waals surface area contributed by atoms with Crippen LogP contribution in [0.5, 0.6) is 5.75 Å². The van der Waals surface area contributed by atoms with Crippen LogP contribution >= 0.6 is 11.8 Å². The first kappa shape index (κ1) is 47.3. The van der Waals surface area contributed by atoms with E-state index in [0.29, 0.717) is 44.8 Å². The summed E-state index contributed by atoms with van der Waals surface area (Å²) in [6.07, 6.45) is 11.7. The Balaban J connectivity index is 1.90. The fourth-order valence-electron chi connectivity index (χ4n) is 4.89. The second kappa shape index (κ2) is 28.6. The lowest BCUT2D eigenvalue weighted by Gasteiger charge is -2.13. The summed E-state index contributed by atoms with van der Waals surface area (Å²) in [6.45, 7) is 14.7. The molecule has 0 radical (unpaired) electrons. The molecule has 0 aliphatic heterocycles. The lowest BCUT2D eigenvalue weighted by Crippen LogP contribution is -2.15. The van der Waals surface area contributed by atoms with Gasteiger partial charge in [-0.1, -0.05) is 59.6 Å². The van der Waals surface area contributed by atoms with Crippen LogP contribution in [0.25, 0.3) is 0 Å². The molecule has 0 spiro atoms. The molecule has 0 amide bonds. The van der Waals surface area contributed by atoms with Crippen LogP contribution < -0.4 is 4.74 Å². The molecule has 0 aromatic heterocycles. The Morgan fingerprint density at radius 1 is 0.589 bits per heavy atom. The maximum Gasteiger partial charge on any atom is 0.343 e. The summed E-state index contributed by atoms with van der Waals surface area (Å²) in [6, 6.07) is 13.4. The minimum Gasteiger partial charge on any atom is -0.494 e. The summed E-state index contributed by atoms with van der Waals surface area (Å²) in [4.78, 5) is 62.4. The molecule has 0 atom stereocenters. The fourth-order valence-corrected chi connectivity index (χ4v) is 5.80. The highest BCUT2D eigenvalue weighted by molar-refractivity contribution is 7.99. The minimum atomic E-state index is -0.800. The van der Waals surface area contributed by atoms with Crippen molar-refractivity contribution in [1.29, 1.82) is 0 Å². The average molecular weight is 795 g/mol. The van der Waals surface area contributed by atoms with Crippen LogP contribution in [0.15, 0.2) is 89.8 Å². The zero-order valence-corrected chi connectivity index (χ0v) is 34.1. The first-order chi connectivity index (χ1) is 27.1. The van der Waals surface area contributed by atoms with Gasteiger partial charge >= 0.3 is 29.8 Å². The topological polar surface area (TPSA) is 141 Å². The molecule has 12 heteroatoms. The molecule has 2 aromatic carbocycles. The Morgan fingerprint density at radius 3 is 1.66 bits per heavy atom. The summed E-state index contributed by atoms with van der Waals surface area (Å²) in [5.41, 5.74) is 0.280. The quantitative estimate of drug-likeness (QED) is 0.0147. The smallest absolute Gasteiger partial charge is 0.343 e. The van der Waals surface area contributed by atoms with Gasteiger partial charge in [0.2, 0.25) is 0 Å². The molecule has 0 bridgehead atoms. The van der Waals surface area contributed by atoms with E-state index < -0.39 is 17.9 Å². The highest BCUT2D eigenvalue weighted by atomic mass is 32.2. The van der Waals surface area contributed by atoms with E-state index in [1.165, 1.54) is 6.08 Å². The maximum absolute atomic E-state index is 13.1. The number of unbranched alkanes of at least 4 members (excludes halogenated alkanes) is 8. The Labute approximate surface area is 336 Å². The van der Waals surface area contributed by atoms with Crippen LogP contribution in [0.2, 0.25) is 0 Å². The predicted octanol–water partition coefficient (Wildman–Crippen LogP) is 9.89. The largest absolute Gasteiger partial charge is 0.494 e. The number of carbonyl (C=O) groups is 5. The molecule has 0 saturated heterocycles. The number of hydrogen-bond acceptors (Lipinski definition) is 12. The zero-order valence-electron chi connectivity index (χ0n) is 33.2. The summed E-state index contributed by atoms with van der Waals surface area (Å²) in [5, 5.41) is 0. The van der Waals surface area contributed by atoms with E-state index in [-0.39, 0.29) is 46.8 Å². The first-order valence-electron chi connectivity index (χ1n) is 19.6. The number of rotatable bonds is 29. The van der Waals surface area contributed by atoms with Crippen molar-refractivity contribution in [3.05, 3.63) is 96.0 Å². The van der Waals surface area contributed by atoms with Gasteiger partial charge < -0.3 is 28.4 Å². The Bertz CT molecular complexity index is 1580. The highest BCUT2D eigenvalue weighted by Gasteiger charge is 2.21. The van der Waals surface area contributed by atoms with E-state index in [1.54, 1.807) is 62.0 Å². The third kappa shape index (κ3) is 20.2. The first-order valence-corrected chi connectivity index (χ1v) is 20.5. The number of allylic oxidation sites excluding steroid dienone is 1. The van der Waals surface area contributed by atoms with Crippen LogP contribution in [0, 0.1) is 0 Å². The third-order valence-electron chi connectivity index (χ3n) is 8.14. The Kier molecular flexibility index (Phi) is 24.1. The number of esters is 5. The summed E-state index contributed by atoms with van der Waals surface area (Å²) < 4.78 is 32.2. The lowest BCUT2D eigenvalue weighted by molar-refractivity contribution is -0.144. The van der Waals surface area contributed by atoms with E-state index >= 15 is 0 Å². The fraction of sp³-hybridized carbons (Fsp3) is 0.477. The molecule has 0 N–H and O–H groups in total.